The van der Waals surface area contributed by atoms with Crippen LogP contribution in [0.3, 0.4) is 0 Å². The van der Waals surface area contributed by atoms with Crippen molar-refractivity contribution in [2.45, 2.75) is 0 Å². The summed E-state index contributed by atoms with van der Waals surface area (Å²) in [7, 11) is 0. The molecule has 0 radical (unpaired) electrons. The van der Waals surface area contributed by atoms with Crippen LogP contribution in [0.4, 0.5) is 17.1 Å². The van der Waals surface area contributed by atoms with Gasteiger partial charge < -0.3 is 4.90 Å². The van der Waals surface area contributed by atoms with Gasteiger partial charge in [-0.25, -0.2) is 0 Å². The minimum atomic E-state index is 1.12. The van der Waals surface area contributed by atoms with E-state index in [1.807, 2.05) is 0 Å². The molecule has 0 heterocycles. The molecule has 0 spiro atoms. The van der Waals surface area contributed by atoms with E-state index in [1.54, 1.807) is 0 Å². The lowest BCUT2D eigenvalue weighted by molar-refractivity contribution is 1.29. The number of hydrogen-bond donors (Lipinski definition) is 0. The second-order valence-electron chi connectivity index (χ2n) is 14.1. The third kappa shape index (κ3) is 4.79. The summed E-state index contributed by atoms with van der Waals surface area (Å²) in [6.45, 7) is 0. The van der Waals surface area contributed by atoms with Gasteiger partial charge in [0.15, 0.2) is 0 Å². The summed E-state index contributed by atoms with van der Waals surface area (Å²) in [4.78, 5) is 2.43. The maximum Gasteiger partial charge on any atom is 0.0474 e. The highest BCUT2D eigenvalue weighted by Crippen LogP contribution is 2.50. The molecule has 0 aliphatic heterocycles. The fourth-order valence-corrected chi connectivity index (χ4v) is 8.65. The largest absolute Gasteiger partial charge is 0.310 e. The van der Waals surface area contributed by atoms with Gasteiger partial charge in [-0.05, 0) is 130 Å². The van der Waals surface area contributed by atoms with Crippen LogP contribution in [0.2, 0.25) is 0 Å². The predicted octanol–water partition coefficient (Wildman–Crippen LogP) is 14.8. The van der Waals surface area contributed by atoms with Crippen LogP contribution in [-0.2, 0) is 0 Å². The first-order valence-corrected chi connectivity index (χ1v) is 18.3. The van der Waals surface area contributed by atoms with Crippen molar-refractivity contribution in [2.24, 2.45) is 0 Å². The summed E-state index contributed by atoms with van der Waals surface area (Å²) >= 11 is 0. The summed E-state index contributed by atoms with van der Waals surface area (Å²) < 4.78 is 0. The van der Waals surface area contributed by atoms with Crippen molar-refractivity contribution < 1.29 is 0 Å². The van der Waals surface area contributed by atoms with Crippen LogP contribution in [0, 0.1) is 0 Å². The molecular formula is C52H33N. The zero-order valence-corrected chi connectivity index (χ0v) is 29.0. The van der Waals surface area contributed by atoms with Crippen LogP contribution in [0.5, 0.6) is 0 Å². The molecule has 1 heteroatoms. The Balaban J connectivity index is 1.09. The molecular weight excluding hydrogens is 639 g/mol. The van der Waals surface area contributed by atoms with Crippen molar-refractivity contribution >= 4 is 60.2 Å². The minimum absolute atomic E-state index is 1.12. The molecule has 1 aliphatic carbocycles. The van der Waals surface area contributed by atoms with Crippen molar-refractivity contribution in [1.82, 2.24) is 0 Å². The number of nitrogens with zero attached hydrogens (tertiary/aromatic N) is 1. The lowest BCUT2D eigenvalue weighted by atomic mass is 9.96. The van der Waals surface area contributed by atoms with Crippen molar-refractivity contribution in [3.8, 4) is 44.5 Å². The summed E-state index contributed by atoms with van der Waals surface area (Å²) in [6.07, 6.45) is 0. The molecule has 0 bridgehead atoms. The van der Waals surface area contributed by atoms with Gasteiger partial charge >= 0.3 is 0 Å². The molecule has 1 aliphatic rings. The molecule has 0 saturated carbocycles. The Hall–Kier alpha value is -6.96. The third-order valence-corrected chi connectivity index (χ3v) is 11.1. The van der Waals surface area contributed by atoms with Gasteiger partial charge in [0.1, 0.15) is 0 Å². The van der Waals surface area contributed by atoms with Gasteiger partial charge in [0, 0.05) is 17.1 Å². The van der Waals surface area contributed by atoms with E-state index in [0.717, 1.165) is 17.1 Å². The summed E-state index contributed by atoms with van der Waals surface area (Å²) in [5.41, 5.74) is 13.4. The molecule has 0 N–H and O–H groups in total. The van der Waals surface area contributed by atoms with Gasteiger partial charge in [-0.1, -0.05) is 158 Å². The molecule has 1 nitrogen and oxygen atoms in total. The summed E-state index contributed by atoms with van der Waals surface area (Å²) in [6, 6.07) is 73.6. The van der Waals surface area contributed by atoms with Crippen LogP contribution in [0.25, 0.3) is 87.6 Å². The Labute approximate surface area is 308 Å². The smallest absolute Gasteiger partial charge is 0.0474 e. The molecule has 246 valence electrons. The van der Waals surface area contributed by atoms with Gasteiger partial charge in [-0.3, -0.25) is 0 Å². The minimum Gasteiger partial charge on any atom is -0.310 e. The van der Waals surface area contributed by atoms with E-state index in [4.69, 9.17) is 0 Å². The standard InChI is InChI=1S/C52H33N/c1-3-16-44-34(10-1)12-8-20-45(44)36-26-28-41(29-27-36)53(43-31-40-14-9-21-49-47-18-5-6-19-48(47)51(33-43)52(40)49)42-15-7-13-38(30-42)39-25-24-37-23-22-35-11-2-4-17-46(35)50(37)32-39/h1-33H. The van der Waals surface area contributed by atoms with E-state index in [1.165, 1.54) is 87.6 Å². The monoisotopic (exact) mass is 671 g/mol. The third-order valence-electron chi connectivity index (χ3n) is 11.1. The lowest BCUT2D eigenvalue weighted by Gasteiger charge is -2.27. The second-order valence-corrected chi connectivity index (χ2v) is 14.1. The quantitative estimate of drug-likeness (QED) is 0.165. The maximum absolute atomic E-state index is 2.43. The van der Waals surface area contributed by atoms with Crippen molar-refractivity contribution in [3.63, 3.8) is 0 Å². The highest BCUT2D eigenvalue weighted by atomic mass is 15.1. The SMILES string of the molecule is c1cc(-c2ccc3ccc4ccccc4c3c2)cc(N(c2ccc(-c3cccc4ccccc34)cc2)c2cc3c4c(cccc4c2)-c2ccccc2-3)c1. The highest BCUT2D eigenvalue weighted by Gasteiger charge is 2.24. The molecule has 0 atom stereocenters. The molecule has 0 amide bonds. The molecule has 0 unspecified atom stereocenters. The first kappa shape index (κ1) is 29.7. The van der Waals surface area contributed by atoms with E-state index in [2.05, 4.69) is 205 Å². The van der Waals surface area contributed by atoms with E-state index >= 15 is 0 Å². The van der Waals surface area contributed by atoms with Crippen molar-refractivity contribution in [1.29, 1.82) is 0 Å². The Morgan fingerprint density at radius 2 is 0.811 bits per heavy atom. The normalized spacial score (nSPS) is 11.8. The number of fused-ring (bicyclic) bond motifs is 7. The molecule has 0 saturated heterocycles. The molecule has 11 rings (SSSR count). The van der Waals surface area contributed by atoms with Crippen molar-refractivity contribution in [3.05, 3.63) is 200 Å². The zero-order valence-electron chi connectivity index (χ0n) is 29.0. The second kappa shape index (κ2) is 11.8. The Kier molecular flexibility index (Phi) is 6.62. The fourth-order valence-electron chi connectivity index (χ4n) is 8.65. The van der Waals surface area contributed by atoms with Gasteiger partial charge in [0.05, 0.1) is 0 Å². The fraction of sp³-hybridized carbons (Fsp3) is 0. The van der Waals surface area contributed by atoms with Gasteiger partial charge in [-0.15, -0.1) is 0 Å². The van der Waals surface area contributed by atoms with E-state index in [9.17, 15) is 0 Å². The van der Waals surface area contributed by atoms with E-state index in [-0.39, 0.29) is 0 Å². The van der Waals surface area contributed by atoms with Gasteiger partial charge in [0.25, 0.3) is 0 Å². The topological polar surface area (TPSA) is 3.24 Å². The molecule has 53 heavy (non-hydrogen) atoms. The lowest BCUT2D eigenvalue weighted by Crippen LogP contribution is -2.10. The highest BCUT2D eigenvalue weighted by molar-refractivity contribution is 6.17. The van der Waals surface area contributed by atoms with Crippen LogP contribution >= 0.6 is 0 Å². The maximum atomic E-state index is 2.43. The van der Waals surface area contributed by atoms with Crippen LogP contribution < -0.4 is 4.90 Å². The number of benzene rings is 10. The zero-order chi connectivity index (χ0) is 34.9. The summed E-state index contributed by atoms with van der Waals surface area (Å²) in [5.74, 6) is 0. The van der Waals surface area contributed by atoms with Gasteiger partial charge in [0.2, 0.25) is 0 Å². The van der Waals surface area contributed by atoms with E-state index in [0.29, 0.717) is 0 Å². The molecule has 10 aromatic carbocycles. The summed E-state index contributed by atoms with van der Waals surface area (Å²) in [5, 5.41) is 10.2. The number of anilines is 3. The molecule has 0 aromatic heterocycles. The average molecular weight is 672 g/mol. The Morgan fingerprint density at radius 3 is 1.64 bits per heavy atom. The van der Waals surface area contributed by atoms with Crippen molar-refractivity contribution in [2.75, 3.05) is 4.90 Å². The number of hydrogen-bond acceptors (Lipinski definition) is 1. The molecule has 10 aromatic rings. The first-order valence-electron chi connectivity index (χ1n) is 18.3. The van der Waals surface area contributed by atoms with Crippen LogP contribution in [0.1, 0.15) is 0 Å². The van der Waals surface area contributed by atoms with E-state index < -0.39 is 0 Å². The average Bonchev–Trinajstić information content (AvgIpc) is 3.55. The predicted molar refractivity (Wildman–Crippen MR) is 226 cm³/mol. The Morgan fingerprint density at radius 1 is 0.245 bits per heavy atom. The van der Waals surface area contributed by atoms with Crippen LogP contribution in [-0.4, -0.2) is 0 Å². The van der Waals surface area contributed by atoms with Gasteiger partial charge in [-0.2, -0.15) is 0 Å². The molecule has 0 fully saturated rings. The first-order chi connectivity index (χ1) is 26.3. The Bertz CT molecular complexity index is 3060. The number of rotatable bonds is 5. The van der Waals surface area contributed by atoms with Crippen LogP contribution in [0.15, 0.2) is 200 Å².